The zero-order chi connectivity index (χ0) is 17.4. The summed E-state index contributed by atoms with van der Waals surface area (Å²) in [4.78, 5) is 16.7. The number of hydrogen-bond donors (Lipinski definition) is 3. The molecule has 1 atom stereocenters. The van der Waals surface area contributed by atoms with Gasteiger partial charge in [-0.05, 0) is 24.6 Å². The van der Waals surface area contributed by atoms with Crippen LogP contribution >= 0.6 is 0 Å². The van der Waals surface area contributed by atoms with Gasteiger partial charge in [0.25, 0.3) is 0 Å². The number of hydrogen-bond acceptors (Lipinski definition) is 4. The van der Waals surface area contributed by atoms with Crippen LogP contribution in [0.2, 0.25) is 0 Å². The predicted octanol–water partition coefficient (Wildman–Crippen LogP) is 1.00. The highest BCUT2D eigenvalue weighted by molar-refractivity contribution is 5.74. The molecule has 134 valence electrons. The minimum absolute atomic E-state index is 0.0618. The number of carbonyl (C=O) groups is 1. The molecule has 1 aromatic carbocycles. The molecule has 6 heteroatoms. The highest BCUT2D eigenvalue weighted by Gasteiger charge is 2.16. The predicted molar refractivity (Wildman–Crippen MR) is 95.8 cm³/mol. The number of nitrogens with one attached hydrogen (secondary N) is 2. The molecule has 0 aromatic heterocycles. The van der Waals surface area contributed by atoms with E-state index in [-0.39, 0.29) is 18.7 Å². The quantitative estimate of drug-likeness (QED) is 0.696. The lowest BCUT2D eigenvalue weighted by atomic mass is 10.1. The highest BCUT2D eigenvalue weighted by atomic mass is 16.3. The SMILES string of the molecule is CCN1CCN(Cc2ccccc2CNC(=O)N[C@@H](C)CO)CC1. The Morgan fingerprint density at radius 1 is 1.17 bits per heavy atom. The van der Waals surface area contributed by atoms with Gasteiger partial charge < -0.3 is 20.6 Å². The van der Waals surface area contributed by atoms with Crippen LogP contribution in [0.25, 0.3) is 0 Å². The molecule has 0 bridgehead atoms. The van der Waals surface area contributed by atoms with Crippen molar-refractivity contribution in [1.82, 2.24) is 20.4 Å². The van der Waals surface area contributed by atoms with Crippen LogP contribution < -0.4 is 10.6 Å². The Kier molecular flexibility index (Phi) is 7.49. The molecule has 24 heavy (non-hydrogen) atoms. The van der Waals surface area contributed by atoms with Gasteiger partial charge in [-0.3, -0.25) is 4.90 Å². The number of likely N-dealkylation sites (N-methyl/N-ethyl adjacent to an activating group) is 1. The highest BCUT2D eigenvalue weighted by Crippen LogP contribution is 2.13. The Bertz CT molecular complexity index is 515. The standard InChI is InChI=1S/C18H30N4O2/c1-3-21-8-10-22(11-9-21)13-17-7-5-4-6-16(17)12-19-18(24)20-15(2)14-23/h4-7,15,23H,3,8-14H2,1-2H3,(H2,19,20,24)/t15-/m0/s1. The Balaban J connectivity index is 1.87. The fourth-order valence-corrected chi connectivity index (χ4v) is 2.88. The monoisotopic (exact) mass is 334 g/mol. The summed E-state index contributed by atoms with van der Waals surface area (Å²) in [5.74, 6) is 0. The summed E-state index contributed by atoms with van der Waals surface area (Å²) < 4.78 is 0. The number of amides is 2. The first-order valence-corrected chi connectivity index (χ1v) is 8.79. The van der Waals surface area contributed by atoms with E-state index in [0.717, 1.165) is 44.8 Å². The number of aliphatic hydroxyl groups excluding tert-OH is 1. The van der Waals surface area contributed by atoms with E-state index < -0.39 is 0 Å². The lowest BCUT2D eigenvalue weighted by Crippen LogP contribution is -2.45. The van der Waals surface area contributed by atoms with Crippen molar-refractivity contribution in [2.45, 2.75) is 33.0 Å². The molecule has 0 spiro atoms. The number of rotatable bonds is 7. The molecular weight excluding hydrogens is 304 g/mol. The third-order valence-electron chi connectivity index (χ3n) is 4.52. The topological polar surface area (TPSA) is 67.8 Å². The fourth-order valence-electron chi connectivity index (χ4n) is 2.88. The van der Waals surface area contributed by atoms with Gasteiger partial charge in [-0.25, -0.2) is 4.79 Å². The summed E-state index contributed by atoms with van der Waals surface area (Å²) >= 11 is 0. The molecule has 1 aromatic rings. The molecule has 3 N–H and O–H groups in total. The molecule has 1 aliphatic heterocycles. The maximum absolute atomic E-state index is 11.8. The van der Waals surface area contributed by atoms with E-state index in [0.29, 0.717) is 6.54 Å². The van der Waals surface area contributed by atoms with Crippen LogP contribution in [0.1, 0.15) is 25.0 Å². The summed E-state index contributed by atoms with van der Waals surface area (Å²) in [5.41, 5.74) is 2.40. The van der Waals surface area contributed by atoms with Crippen molar-refractivity contribution in [2.24, 2.45) is 0 Å². The van der Waals surface area contributed by atoms with Crippen LogP contribution in [0.5, 0.6) is 0 Å². The Hall–Kier alpha value is -1.63. The third kappa shape index (κ3) is 5.78. The first kappa shape index (κ1) is 18.7. The second-order valence-corrected chi connectivity index (χ2v) is 6.39. The molecule has 1 aliphatic rings. The lowest BCUT2D eigenvalue weighted by Gasteiger charge is -2.34. The smallest absolute Gasteiger partial charge is 0.315 e. The number of carbonyl (C=O) groups excluding carboxylic acids is 1. The number of aliphatic hydroxyl groups is 1. The van der Waals surface area contributed by atoms with Gasteiger partial charge >= 0.3 is 6.03 Å². The van der Waals surface area contributed by atoms with Crippen molar-refractivity contribution in [3.63, 3.8) is 0 Å². The minimum atomic E-state index is -0.247. The second kappa shape index (κ2) is 9.61. The van der Waals surface area contributed by atoms with Gasteiger partial charge in [0.1, 0.15) is 0 Å². The molecule has 0 unspecified atom stereocenters. The van der Waals surface area contributed by atoms with Crippen LogP contribution in [0.3, 0.4) is 0 Å². The van der Waals surface area contributed by atoms with Crippen molar-refractivity contribution in [2.75, 3.05) is 39.3 Å². The molecule has 1 saturated heterocycles. The first-order chi connectivity index (χ1) is 11.6. The van der Waals surface area contributed by atoms with Crippen LogP contribution in [0.15, 0.2) is 24.3 Å². The normalized spacial score (nSPS) is 17.5. The van der Waals surface area contributed by atoms with Gasteiger partial charge in [-0.1, -0.05) is 31.2 Å². The molecular formula is C18H30N4O2. The van der Waals surface area contributed by atoms with Gasteiger partial charge in [0, 0.05) is 39.3 Å². The van der Waals surface area contributed by atoms with E-state index in [4.69, 9.17) is 5.11 Å². The average Bonchev–Trinajstić information content (AvgIpc) is 2.61. The van der Waals surface area contributed by atoms with Gasteiger partial charge in [0.2, 0.25) is 0 Å². The van der Waals surface area contributed by atoms with Crippen LogP contribution in [0, 0.1) is 0 Å². The van der Waals surface area contributed by atoms with E-state index in [2.05, 4.69) is 45.6 Å². The van der Waals surface area contributed by atoms with E-state index in [1.165, 1.54) is 5.56 Å². The maximum Gasteiger partial charge on any atom is 0.315 e. The molecule has 0 radical (unpaired) electrons. The van der Waals surface area contributed by atoms with Crippen molar-refractivity contribution in [1.29, 1.82) is 0 Å². The molecule has 1 heterocycles. The summed E-state index contributed by atoms with van der Waals surface area (Å²) in [6.07, 6.45) is 0. The summed E-state index contributed by atoms with van der Waals surface area (Å²) in [7, 11) is 0. The Morgan fingerprint density at radius 2 is 1.79 bits per heavy atom. The van der Waals surface area contributed by atoms with Gasteiger partial charge in [0.05, 0.1) is 12.6 Å². The van der Waals surface area contributed by atoms with E-state index in [1.54, 1.807) is 6.92 Å². The number of urea groups is 1. The zero-order valence-corrected chi connectivity index (χ0v) is 14.8. The molecule has 0 aliphatic carbocycles. The van der Waals surface area contributed by atoms with Gasteiger partial charge in [-0.2, -0.15) is 0 Å². The number of piperazine rings is 1. The zero-order valence-electron chi connectivity index (χ0n) is 14.8. The lowest BCUT2D eigenvalue weighted by molar-refractivity contribution is 0.131. The maximum atomic E-state index is 11.8. The summed E-state index contributed by atoms with van der Waals surface area (Å²) in [6, 6.07) is 7.77. The Morgan fingerprint density at radius 3 is 2.42 bits per heavy atom. The van der Waals surface area contributed by atoms with E-state index in [9.17, 15) is 4.79 Å². The summed E-state index contributed by atoms with van der Waals surface area (Å²) in [6.45, 7) is 10.9. The number of nitrogens with zero attached hydrogens (tertiary/aromatic N) is 2. The largest absolute Gasteiger partial charge is 0.394 e. The van der Waals surface area contributed by atoms with Crippen molar-refractivity contribution in [3.8, 4) is 0 Å². The van der Waals surface area contributed by atoms with Crippen LogP contribution in [-0.2, 0) is 13.1 Å². The van der Waals surface area contributed by atoms with E-state index >= 15 is 0 Å². The van der Waals surface area contributed by atoms with Crippen molar-refractivity contribution in [3.05, 3.63) is 35.4 Å². The molecule has 0 saturated carbocycles. The van der Waals surface area contributed by atoms with Crippen LogP contribution in [0.4, 0.5) is 4.79 Å². The minimum Gasteiger partial charge on any atom is -0.394 e. The van der Waals surface area contributed by atoms with Gasteiger partial charge in [-0.15, -0.1) is 0 Å². The van der Waals surface area contributed by atoms with Crippen molar-refractivity contribution >= 4 is 6.03 Å². The molecule has 2 amide bonds. The van der Waals surface area contributed by atoms with E-state index in [1.807, 2.05) is 6.07 Å². The second-order valence-electron chi connectivity index (χ2n) is 6.39. The van der Waals surface area contributed by atoms with Crippen LogP contribution in [-0.4, -0.2) is 66.3 Å². The molecule has 2 rings (SSSR count). The van der Waals surface area contributed by atoms with Gasteiger partial charge in [0.15, 0.2) is 0 Å². The Labute approximate surface area is 144 Å². The average molecular weight is 334 g/mol. The molecule has 6 nitrogen and oxygen atoms in total. The van der Waals surface area contributed by atoms with Crippen molar-refractivity contribution < 1.29 is 9.90 Å². The third-order valence-corrected chi connectivity index (χ3v) is 4.52. The fraction of sp³-hybridized carbons (Fsp3) is 0.611. The summed E-state index contributed by atoms with van der Waals surface area (Å²) in [5, 5.41) is 14.5. The first-order valence-electron chi connectivity index (χ1n) is 8.79. The molecule has 1 fully saturated rings. The number of benzene rings is 1.